The highest BCUT2D eigenvalue weighted by Crippen LogP contribution is 2.46. The monoisotopic (exact) mass is 543 g/mol. The summed E-state index contributed by atoms with van der Waals surface area (Å²) in [5.41, 5.74) is 2.07. The van der Waals surface area contributed by atoms with E-state index in [0.717, 1.165) is 24.0 Å². The third-order valence-corrected chi connectivity index (χ3v) is 8.46. The van der Waals surface area contributed by atoms with Gasteiger partial charge in [-0.05, 0) is 48.6 Å². The highest BCUT2D eigenvalue weighted by Gasteiger charge is 2.52. The SMILES string of the molecule is C=CCN1C(=O)[C@@](O)([C@@H](C)/C=C/CC(=O)N2Cc3ccccc3C[C@H]2CO)c2cc(N3CCCCC3=O)ccc21. The summed E-state index contributed by atoms with van der Waals surface area (Å²) in [6.45, 7) is 6.68. The number of aliphatic hydroxyl groups is 2. The molecule has 1 saturated heterocycles. The molecule has 8 nitrogen and oxygen atoms in total. The Morgan fingerprint density at radius 1 is 1.18 bits per heavy atom. The Morgan fingerprint density at radius 2 is 1.95 bits per heavy atom. The molecule has 0 aromatic heterocycles. The van der Waals surface area contributed by atoms with E-state index < -0.39 is 17.4 Å². The van der Waals surface area contributed by atoms with E-state index in [1.807, 2.05) is 30.3 Å². The Hall–Kier alpha value is -3.75. The molecular formula is C32H37N3O5. The van der Waals surface area contributed by atoms with Crippen molar-refractivity contribution in [1.29, 1.82) is 0 Å². The maximum absolute atomic E-state index is 13.6. The van der Waals surface area contributed by atoms with Crippen molar-refractivity contribution in [3.8, 4) is 0 Å². The molecule has 3 atom stereocenters. The van der Waals surface area contributed by atoms with Gasteiger partial charge in [-0.25, -0.2) is 0 Å². The maximum atomic E-state index is 13.6. The number of anilines is 2. The van der Waals surface area contributed by atoms with Gasteiger partial charge in [0.2, 0.25) is 11.8 Å². The zero-order valence-electron chi connectivity index (χ0n) is 23.0. The summed E-state index contributed by atoms with van der Waals surface area (Å²) in [4.78, 5) is 44.3. The molecule has 3 heterocycles. The first kappa shape index (κ1) is 27.8. The number of rotatable bonds is 8. The third-order valence-electron chi connectivity index (χ3n) is 8.46. The first-order chi connectivity index (χ1) is 19.3. The van der Waals surface area contributed by atoms with Crippen LogP contribution >= 0.6 is 0 Å². The van der Waals surface area contributed by atoms with Gasteiger partial charge in [0.05, 0.1) is 18.3 Å². The molecule has 0 radical (unpaired) electrons. The average molecular weight is 544 g/mol. The first-order valence-corrected chi connectivity index (χ1v) is 14.0. The normalized spacial score (nSPS) is 23.4. The van der Waals surface area contributed by atoms with Crippen LogP contribution in [0, 0.1) is 5.92 Å². The van der Waals surface area contributed by atoms with Gasteiger partial charge in [-0.3, -0.25) is 14.4 Å². The Morgan fingerprint density at radius 3 is 2.67 bits per heavy atom. The molecule has 1 fully saturated rings. The Kier molecular flexibility index (Phi) is 7.92. The number of carbonyl (C=O) groups excluding carboxylic acids is 3. The molecule has 0 bridgehead atoms. The quantitative estimate of drug-likeness (QED) is 0.497. The number of nitrogens with zero attached hydrogens (tertiary/aromatic N) is 3. The predicted octanol–water partition coefficient (Wildman–Crippen LogP) is 3.45. The fourth-order valence-electron chi connectivity index (χ4n) is 6.16. The van der Waals surface area contributed by atoms with Crippen LogP contribution in [0.15, 0.2) is 67.3 Å². The molecule has 2 aromatic rings. The van der Waals surface area contributed by atoms with Crippen molar-refractivity contribution in [3.05, 3.63) is 84.0 Å². The largest absolute Gasteiger partial charge is 0.394 e. The van der Waals surface area contributed by atoms with Crippen molar-refractivity contribution >= 4 is 29.1 Å². The molecular weight excluding hydrogens is 506 g/mol. The van der Waals surface area contributed by atoms with Crippen LogP contribution in [0.25, 0.3) is 0 Å². The molecule has 3 amide bonds. The van der Waals surface area contributed by atoms with Crippen LogP contribution in [0.2, 0.25) is 0 Å². The van der Waals surface area contributed by atoms with E-state index in [9.17, 15) is 24.6 Å². The molecule has 3 aliphatic heterocycles. The zero-order valence-corrected chi connectivity index (χ0v) is 23.0. The van der Waals surface area contributed by atoms with Gasteiger partial charge in [0.1, 0.15) is 0 Å². The minimum atomic E-state index is -1.86. The minimum Gasteiger partial charge on any atom is -0.394 e. The molecule has 3 aliphatic rings. The van der Waals surface area contributed by atoms with Gasteiger partial charge >= 0.3 is 0 Å². The standard InChI is InChI=1S/C32H37N3O5/c1-3-16-34-28-15-14-25(33-17-7-6-12-29(33)37)19-27(28)32(40,31(34)39)22(2)9-8-13-30(38)35-20-24-11-5-4-10-23(24)18-26(35)21-36/h3-5,8-11,14-15,19,22,26,36,40H,1,6-7,12-13,16-18,20-21H2,2H3/b9-8+/t22-,26-,32+/m0/s1. The average Bonchev–Trinajstić information content (AvgIpc) is 3.18. The topological polar surface area (TPSA) is 101 Å². The maximum Gasteiger partial charge on any atom is 0.264 e. The van der Waals surface area contributed by atoms with Gasteiger partial charge < -0.3 is 24.9 Å². The van der Waals surface area contributed by atoms with E-state index >= 15 is 0 Å². The molecule has 5 rings (SSSR count). The molecule has 0 aliphatic carbocycles. The van der Waals surface area contributed by atoms with E-state index in [2.05, 4.69) is 6.58 Å². The van der Waals surface area contributed by atoms with Gasteiger partial charge in [-0.2, -0.15) is 0 Å². The summed E-state index contributed by atoms with van der Waals surface area (Å²) in [7, 11) is 0. The summed E-state index contributed by atoms with van der Waals surface area (Å²) in [6.07, 6.45) is 7.95. The molecule has 8 heteroatoms. The second-order valence-corrected chi connectivity index (χ2v) is 10.9. The molecule has 0 unspecified atom stereocenters. The van der Waals surface area contributed by atoms with Crippen LogP contribution in [0.3, 0.4) is 0 Å². The van der Waals surface area contributed by atoms with Crippen LogP contribution in [0.4, 0.5) is 11.4 Å². The highest BCUT2D eigenvalue weighted by atomic mass is 16.3. The number of piperidine rings is 1. The summed E-state index contributed by atoms with van der Waals surface area (Å²) in [5.74, 6) is -1.19. The zero-order chi connectivity index (χ0) is 28.4. The van der Waals surface area contributed by atoms with Crippen molar-refractivity contribution in [2.45, 2.75) is 57.2 Å². The number of carbonyl (C=O) groups is 3. The van der Waals surface area contributed by atoms with Crippen molar-refractivity contribution in [3.63, 3.8) is 0 Å². The van der Waals surface area contributed by atoms with E-state index in [1.54, 1.807) is 47.1 Å². The fraction of sp³-hybridized carbons (Fsp3) is 0.406. The molecule has 210 valence electrons. The van der Waals surface area contributed by atoms with Crippen LogP contribution < -0.4 is 9.80 Å². The Bertz CT molecular complexity index is 1350. The lowest BCUT2D eigenvalue weighted by atomic mass is 9.82. The molecule has 2 N–H and O–H groups in total. The molecule has 0 saturated carbocycles. The van der Waals surface area contributed by atoms with Crippen molar-refractivity contribution in [2.75, 3.05) is 29.5 Å². The number of amides is 3. The Balaban J connectivity index is 1.37. The smallest absolute Gasteiger partial charge is 0.264 e. The lowest BCUT2D eigenvalue weighted by Crippen LogP contribution is -2.46. The van der Waals surface area contributed by atoms with E-state index in [0.29, 0.717) is 42.9 Å². The summed E-state index contributed by atoms with van der Waals surface area (Å²) >= 11 is 0. The fourth-order valence-corrected chi connectivity index (χ4v) is 6.16. The highest BCUT2D eigenvalue weighted by molar-refractivity contribution is 6.08. The summed E-state index contributed by atoms with van der Waals surface area (Å²) in [5, 5.41) is 21.9. The summed E-state index contributed by atoms with van der Waals surface area (Å²) < 4.78 is 0. The lowest BCUT2D eigenvalue weighted by Gasteiger charge is -2.36. The van der Waals surface area contributed by atoms with Crippen molar-refractivity contribution < 1.29 is 24.6 Å². The third kappa shape index (κ3) is 4.86. The van der Waals surface area contributed by atoms with Gasteiger partial charge in [0.15, 0.2) is 5.60 Å². The first-order valence-electron chi connectivity index (χ1n) is 14.0. The summed E-state index contributed by atoms with van der Waals surface area (Å²) in [6, 6.07) is 13.0. The van der Waals surface area contributed by atoms with Crippen LogP contribution in [0.1, 0.15) is 49.3 Å². The van der Waals surface area contributed by atoms with Crippen LogP contribution in [-0.4, -0.2) is 58.6 Å². The number of hydrogen-bond donors (Lipinski definition) is 2. The number of hydrogen-bond acceptors (Lipinski definition) is 5. The van der Waals surface area contributed by atoms with Crippen molar-refractivity contribution in [1.82, 2.24) is 4.90 Å². The lowest BCUT2D eigenvalue weighted by molar-refractivity contribution is -0.139. The van der Waals surface area contributed by atoms with Crippen LogP contribution in [-0.2, 0) is 33.0 Å². The van der Waals surface area contributed by atoms with Gasteiger partial charge in [-0.15, -0.1) is 6.58 Å². The molecule has 0 spiro atoms. The Labute approximate surface area is 235 Å². The number of aliphatic hydroxyl groups excluding tert-OH is 1. The van der Waals surface area contributed by atoms with E-state index in [4.69, 9.17) is 0 Å². The van der Waals surface area contributed by atoms with Gasteiger partial charge in [0, 0.05) is 49.6 Å². The molecule has 2 aromatic carbocycles. The van der Waals surface area contributed by atoms with Gasteiger partial charge in [-0.1, -0.05) is 49.4 Å². The minimum absolute atomic E-state index is 0.0370. The number of fused-ring (bicyclic) bond motifs is 2. The van der Waals surface area contributed by atoms with E-state index in [1.165, 1.54) is 4.90 Å². The van der Waals surface area contributed by atoms with Crippen molar-refractivity contribution in [2.24, 2.45) is 5.92 Å². The van der Waals surface area contributed by atoms with E-state index in [-0.39, 0.29) is 37.4 Å². The van der Waals surface area contributed by atoms with Crippen LogP contribution in [0.5, 0.6) is 0 Å². The second kappa shape index (κ2) is 11.4. The van der Waals surface area contributed by atoms with Gasteiger partial charge in [0.25, 0.3) is 5.91 Å². The second-order valence-electron chi connectivity index (χ2n) is 10.9. The predicted molar refractivity (Wildman–Crippen MR) is 154 cm³/mol. The molecule has 40 heavy (non-hydrogen) atoms. The number of benzene rings is 2.